The molecule has 0 aromatic carbocycles. The van der Waals surface area contributed by atoms with Crippen LogP contribution in [-0.4, -0.2) is 64.3 Å². The molecule has 28 heavy (non-hydrogen) atoms. The Morgan fingerprint density at radius 2 is 1.86 bits per heavy atom. The lowest BCUT2D eigenvalue weighted by Gasteiger charge is -2.54. The molecule has 3 heterocycles. The summed E-state index contributed by atoms with van der Waals surface area (Å²) >= 11 is 0. The van der Waals surface area contributed by atoms with Crippen molar-refractivity contribution in [3.8, 4) is 0 Å². The minimum Gasteiger partial charge on any atom is -0.446 e. The second kappa shape index (κ2) is 6.75. The molecule has 154 valence electrons. The second-order valence-electron chi connectivity index (χ2n) is 8.14. The zero-order chi connectivity index (χ0) is 20.1. The quantitative estimate of drug-likeness (QED) is 0.824. The maximum absolute atomic E-state index is 12.7. The maximum Gasteiger partial charge on any atom is 0.434 e. The summed E-state index contributed by atoms with van der Waals surface area (Å²) in [4.78, 5) is 23.6. The Bertz CT molecular complexity index is 718. The summed E-state index contributed by atoms with van der Waals surface area (Å²) in [6, 6.07) is -0.313. The highest BCUT2D eigenvalue weighted by atomic mass is 19.4. The van der Waals surface area contributed by atoms with E-state index in [4.69, 9.17) is 4.74 Å². The number of amides is 1. The summed E-state index contributed by atoms with van der Waals surface area (Å²) in [5.41, 5.74) is -0.818. The third kappa shape index (κ3) is 3.49. The van der Waals surface area contributed by atoms with E-state index in [2.05, 4.69) is 15.3 Å². The number of rotatable bonds is 2. The summed E-state index contributed by atoms with van der Waals surface area (Å²) in [6.07, 6.45) is -0.131. The van der Waals surface area contributed by atoms with E-state index in [0.717, 1.165) is 38.2 Å². The highest BCUT2D eigenvalue weighted by Crippen LogP contribution is 2.41. The van der Waals surface area contributed by atoms with Crippen LogP contribution >= 0.6 is 0 Å². The SMILES string of the molecule is C[C@@H]1CN(c2cnc(C(F)(F)F)cn2)C[C@H](C)N1C(=O)OC1CC2(CCN2)C1. The van der Waals surface area contributed by atoms with Crippen LogP contribution in [0.2, 0.25) is 0 Å². The van der Waals surface area contributed by atoms with Crippen molar-refractivity contribution in [3.63, 3.8) is 0 Å². The molecule has 10 heteroatoms. The molecular formula is C18H24F3N5O2. The van der Waals surface area contributed by atoms with Crippen molar-refractivity contribution >= 4 is 11.9 Å². The Morgan fingerprint density at radius 3 is 2.32 bits per heavy atom. The lowest BCUT2D eigenvalue weighted by molar-refractivity contribution is -0.141. The van der Waals surface area contributed by atoms with Crippen LogP contribution in [0, 0.1) is 0 Å². The highest BCUT2D eigenvalue weighted by molar-refractivity contribution is 5.69. The first kappa shape index (κ1) is 19.2. The van der Waals surface area contributed by atoms with E-state index in [1.165, 1.54) is 0 Å². The fourth-order valence-electron chi connectivity index (χ4n) is 4.43. The monoisotopic (exact) mass is 399 g/mol. The molecule has 1 aromatic rings. The number of carbonyl (C=O) groups excluding carboxylic acids is 1. The minimum absolute atomic E-state index is 0.0430. The van der Waals surface area contributed by atoms with Gasteiger partial charge in [0.05, 0.1) is 24.5 Å². The summed E-state index contributed by atoms with van der Waals surface area (Å²) < 4.78 is 43.6. The summed E-state index contributed by atoms with van der Waals surface area (Å²) in [6.45, 7) is 5.74. The van der Waals surface area contributed by atoms with Crippen molar-refractivity contribution in [1.29, 1.82) is 0 Å². The van der Waals surface area contributed by atoms with Gasteiger partial charge < -0.3 is 15.0 Å². The summed E-state index contributed by atoms with van der Waals surface area (Å²) in [5, 5.41) is 3.40. The van der Waals surface area contributed by atoms with E-state index in [0.29, 0.717) is 18.9 Å². The van der Waals surface area contributed by atoms with Gasteiger partial charge in [-0.25, -0.2) is 14.8 Å². The van der Waals surface area contributed by atoms with Gasteiger partial charge in [0.2, 0.25) is 0 Å². The number of nitrogens with one attached hydrogen (secondary N) is 1. The average molecular weight is 399 g/mol. The molecule has 1 N–H and O–H groups in total. The molecule has 2 saturated heterocycles. The van der Waals surface area contributed by atoms with Gasteiger partial charge in [-0.2, -0.15) is 13.2 Å². The molecular weight excluding hydrogens is 375 g/mol. The molecule has 7 nitrogen and oxygen atoms in total. The Morgan fingerprint density at radius 1 is 1.21 bits per heavy atom. The smallest absolute Gasteiger partial charge is 0.434 e. The van der Waals surface area contributed by atoms with Crippen LogP contribution in [0.15, 0.2) is 12.4 Å². The Balaban J connectivity index is 1.35. The lowest BCUT2D eigenvalue weighted by atomic mass is 9.68. The zero-order valence-corrected chi connectivity index (χ0v) is 15.9. The van der Waals surface area contributed by atoms with E-state index in [9.17, 15) is 18.0 Å². The predicted molar refractivity (Wildman–Crippen MR) is 94.9 cm³/mol. The lowest BCUT2D eigenvalue weighted by Crippen LogP contribution is -2.67. The number of aromatic nitrogens is 2. The third-order valence-electron chi connectivity index (χ3n) is 5.99. The number of alkyl halides is 3. The number of hydrogen-bond acceptors (Lipinski definition) is 6. The van der Waals surface area contributed by atoms with Crippen LogP contribution in [0.25, 0.3) is 0 Å². The van der Waals surface area contributed by atoms with Crippen molar-refractivity contribution in [2.75, 3.05) is 24.5 Å². The molecule has 0 radical (unpaired) electrons. The van der Waals surface area contributed by atoms with Gasteiger partial charge in [0.25, 0.3) is 0 Å². The first-order chi connectivity index (χ1) is 13.2. The van der Waals surface area contributed by atoms with Gasteiger partial charge in [0.15, 0.2) is 5.69 Å². The first-order valence-electron chi connectivity index (χ1n) is 9.55. The highest BCUT2D eigenvalue weighted by Gasteiger charge is 2.50. The average Bonchev–Trinajstić information content (AvgIpc) is 2.54. The Hall–Kier alpha value is -2.10. The van der Waals surface area contributed by atoms with Crippen molar-refractivity contribution < 1.29 is 22.7 Å². The second-order valence-corrected chi connectivity index (χ2v) is 8.14. The van der Waals surface area contributed by atoms with Crippen LogP contribution in [0.1, 0.15) is 38.8 Å². The number of carbonyl (C=O) groups is 1. The van der Waals surface area contributed by atoms with Gasteiger partial charge >= 0.3 is 12.3 Å². The third-order valence-corrected chi connectivity index (χ3v) is 5.99. The molecule has 1 spiro atoms. The molecule has 1 amide bonds. The molecule has 2 atom stereocenters. The van der Waals surface area contributed by atoms with Crippen molar-refractivity contribution in [2.24, 2.45) is 0 Å². The molecule has 1 aliphatic carbocycles. The van der Waals surface area contributed by atoms with Crippen LogP contribution in [0.5, 0.6) is 0 Å². The standard InChI is InChI=1S/C18H24F3N5O2/c1-11-9-25(15-8-22-14(7-23-15)18(19,20)21)10-12(2)26(11)16(27)28-13-5-17(6-13)3-4-24-17/h7-8,11-13,24H,3-6,9-10H2,1-2H3/t11-,12+,13?,17?. The van der Waals surface area contributed by atoms with Gasteiger partial charge in [0, 0.05) is 31.5 Å². The van der Waals surface area contributed by atoms with Gasteiger partial charge in [0.1, 0.15) is 11.9 Å². The van der Waals surface area contributed by atoms with Gasteiger partial charge in [-0.1, -0.05) is 0 Å². The molecule has 4 rings (SSSR count). The summed E-state index contributed by atoms with van der Waals surface area (Å²) in [5.74, 6) is 0.372. The largest absolute Gasteiger partial charge is 0.446 e. The van der Waals surface area contributed by atoms with Crippen molar-refractivity contribution in [3.05, 3.63) is 18.1 Å². The Kier molecular flexibility index (Phi) is 4.64. The van der Waals surface area contributed by atoms with Crippen LogP contribution in [0.4, 0.5) is 23.8 Å². The van der Waals surface area contributed by atoms with Gasteiger partial charge in [-0.3, -0.25) is 4.90 Å². The van der Waals surface area contributed by atoms with E-state index in [-0.39, 0.29) is 29.8 Å². The van der Waals surface area contributed by atoms with Crippen molar-refractivity contribution in [1.82, 2.24) is 20.2 Å². The molecule has 3 fully saturated rings. The van der Waals surface area contributed by atoms with E-state index >= 15 is 0 Å². The van der Waals surface area contributed by atoms with Crippen LogP contribution in [-0.2, 0) is 10.9 Å². The van der Waals surface area contributed by atoms with Gasteiger partial charge in [-0.05, 0) is 26.8 Å². The van der Waals surface area contributed by atoms with Gasteiger partial charge in [-0.15, -0.1) is 0 Å². The predicted octanol–water partition coefficient (Wildman–Crippen LogP) is 2.43. The van der Waals surface area contributed by atoms with Crippen LogP contribution in [0.3, 0.4) is 0 Å². The number of anilines is 1. The molecule has 3 aliphatic rings. The zero-order valence-electron chi connectivity index (χ0n) is 15.9. The summed E-state index contributed by atoms with van der Waals surface area (Å²) in [7, 11) is 0. The van der Waals surface area contributed by atoms with E-state index in [1.54, 1.807) is 4.90 Å². The van der Waals surface area contributed by atoms with E-state index < -0.39 is 11.9 Å². The number of piperazine rings is 1. The van der Waals surface area contributed by atoms with E-state index in [1.807, 2.05) is 18.7 Å². The Labute approximate surface area is 161 Å². The molecule has 1 aromatic heterocycles. The van der Waals surface area contributed by atoms with Crippen molar-refractivity contribution in [2.45, 2.75) is 63.0 Å². The number of ether oxygens (including phenoxy) is 1. The normalized spacial score (nSPS) is 32.7. The molecule has 1 saturated carbocycles. The first-order valence-corrected chi connectivity index (χ1v) is 9.55. The molecule has 0 bridgehead atoms. The number of nitrogens with zero attached hydrogens (tertiary/aromatic N) is 4. The minimum atomic E-state index is -4.51. The number of halogens is 3. The molecule has 2 aliphatic heterocycles. The molecule has 0 unspecified atom stereocenters. The topological polar surface area (TPSA) is 70.6 Å². The van der Waals surface area contributed by atoms with Crippen LogP contribution < -0.4 is 10.2 Å². The fourth-order valence-corrected chi connectivity index (χ4v) is 4.43. The maximum atomic E-state index is 12.7. The number of hydrogen-bond donors (Lipinski definition) is 1. The fraction of sp³-hybridized carbons (Fsp3) is 0.722.